The van der Waals surface area contributed by atoms with Crippen molar-refractivity contribution < 1.29 is 4.74 Å². The second kappa shape index (κ2) is 5.63. The molecule has 0 aromatic rings. The van der Waals surface area contributed by atoms with Gasteiger partial charge in [-0.3, -0.25) is 0 Å². The summed E-state index contributed by atoms with van der Waals surface area (Å²) in [7, 11) is 5.91. The van der Waals surface area contributed by atoms with E-state index in [9.17, 15) is 0 Å². The molecule has 12 heavy (non-hydrogen) atoms. The molecule has 1 fully saturated rings. The molecule has 1 nitrogen and oxygen atoms in total. The lowest BCUT2D eigenvalue weighted by Gasteiger charge is -2.15. The van der Waals surface area contributed by atoms with E-state index in [2.05, 4.69) is 6.92 Å². The van der Waals surface area contributed by atoms with Crippen LogP contribution in [0.2, 0.25) is 5.82 Å². The Kier molecular flexibility index (Phi) is 4.74. The minimum absolute atomic E-state index is 0.409. The van der Waals surface area contributed by atoms with Crippen LogP contribution in [0, 0.1) is 5.92 Å². The average molecular weight is 166 g/mol. The SMILES string of the molecule is [B]C1CCCC1COCCCC. The van der Waals surface area contributed by atoms with Gasteiger partial charge < -0.3 is 4.74 Å². The number of rotatable bonds is 5. The van der Waals surface area contributed by atoms with Crippen LogP contribution in [0.1, 0.15) is 39.0 Å². The predicted molar refractivity (Wildman–Crippen MR) is 52.6 cm³/mol. The molecule has 0 N–H and O–H groups in total. The third-order valence-corrected chi connectivity index (χ3v) is 2.69. The van der Waals surface area contributed by atoms with E-state index in [-0.39, 0.29) is 0 Å². The van der Waals surface area contributed by atoms with Crippen molar-refractivity contribution in [1.82, 2.24) is 0 Å². The van der Waals surface area contributed by atoms with Crippen LogP contribution in [0.15, 0.2) is 0 Å². The van der Waals surface area contributed by atoms with E-state index in [1.807, 2.05) is 0 Å². The van der Waals surface area contributed by atoms with Crippen molar-refractivity contribution in [1.29, 1.82) is 0 Å². The minimum Gasteiger partial charge on any atom is -0.381 e. The molecule has 0 aliphatic heterocycles. The zero-order valence-corrected chi connectivity index (χ0v) is 8.09. The summed E-state index contributed by atoms with van der Waals surface area (Å²) in [6.07, 6.45) is 6.16. The quantitative estimate of drug-likeness (QED) is 0.450. The number of ether oxygens (including phenoxy) is 1. The number of hydrogen-bond donors (Lipinski definition) is 0. The van der Waals surface area contributed by atoms with Crippen LogP contribution in [-0.2, 0) is 4.74 Å². The molecule has 0 aromatic heterocycles. The van der Waals surface area contributed by atoms with Crippen molar-refractivity contribution in [3.8, 4) is 0 Å². The third-order valence-electron chi connectivity index (χ3n) is 2.69. The zero-order chi connectivity index (χ0) is 8.81. The van der Waals surface area contributed by atoms with Crippen molar-refractivity contribution in [2.45, 2.75) is 44.8 Å². The fourth-order valence-corrected chi connectivity index (χ4v) is 1.75. The van der Waals surface area contributed by atoms with Gasteiger partial charge in [-0.2, -0.15) is 0 Å². The molecule has 2 unspecified atom stereocenters. The maximum Gasteiger partial charge on any atom is 0.0704 e. The van der Waals surface area contributed by atoms with Crippen LogP contribution in [0.4, 0.5) is 0 Å². The van der Waals surface area contributed by atoms with E-state index in [0.717, 1.165) is 13.2 Å². The van der Waals surface area contributed by atoms with Crippen LogP contribution in [0.3, 0.4) is 0 Å². The topological polar surface area (TPSA) is 9.23 Å². The summed E-state index contributed by atoms with van der Waals surface area (Å²) >= 11 is 0. The summed E-state index contributed by atoms with van der Waals surface area (Å²) in [5.74, 6) is 1.05. The van der Waals surface area contributed by atoms with Gasteiger partial charge in [-0.05, 0) is 18.8 Å². The van der Waals surface area contributed by atoms with Crippen molar-refractivity contribution >= 4 is 7.85 Å². The highest BCUT2D eigenvalue weighted by molar-refractivity contribution is 6.12. The summed E-state index contributed by atoms with van der Waals surface area (Å²) in [6, 6.07) is 0. The van der Waals surface area contributed by atoms with E-state index in [1.54, 1.807) is 0 Å². The fraction of sp³-hybridized carbons (Fsp3) is 1.00. The first kappa shape index (κ1) is 10.1. The molecule has 0 aromatic carbocycles. The van der Waals surface area contributed by atoms with E-state index in [4.69, 9.17) is 12.6 Å². The Balaban J connectivity index is 1.98. The molecule has 1 aliphatic rings. The van der Waals surface area contributed by atoms with Gasteiger partial charge in [-0.15, -0.1) is 0 Å². The van der Waals surface area contributed by atoms with Gasteiger partial charge >= 0.3 is 0 Å². The Labute approximate surface area is 77.3 Å². The summed E-state index contributed by atoms with van der Waals surface area (Å²) in [6.45, 7) is 3.99. The summed E-state index contributed by atoms with van der Waals surface area (Å²) in [5.41, 5.74) is 0. The van der Waals surface area contributed by atoms with Gasteiger partial charge in [0.15, 0.2) is 0 Å². The molecule has 2 radical (unpaired) electrons. The summed E-state index contributed by atoms with van der Waals surface area (Å²) < 4.78 is 5.55. The highest BCUT2D eigenvalue weighted by Gasteiger charge is 2.22. The normalized spacial score (nSPS) is 29.4. The third kappa shape index (κ3) is 3.18. The Morgan fingerprint density at radius 3 is 2.83 bits per heavy atom. The van der Waals surface area contributed by atoms with E-state index < -0.39 is 0 Å². The molecule has 68 valence electrons. The molecule has 0 amide bonds. The first-order valence-corrected chi connectivity index (χ1v) is 5.18. The van der Waals surface area contributed by atoms with Crippen LogP contribution >= 0.6 is 0 Å². The molecule has 1 aliphatic carbocycles. The van der Waals surface area contributed by atoms with Gasteiger partial charge in [0.2, 0.25) is 0 Å². The van der Waals surface area contributed by atoms with Gasteiger partial charge in [-0.25, -0.2) is 0 Å². The Bertz CT molecular complexity index is 116. The Morgan fingerprint density at radius 2 is 2.25 bits per heavy atom. The first-order chi connectivity index (χ1) is 5.84. The van der Waals surface area contributed by atoms with Gasteiger partial charge in [0.1, 0.15) is 0 Å². The summed E-state index contributed by atoms with van der Waals surface area (Å²) in [5, 5.41) is 0. The van der Waals surface area contributed by atoms with Gasteiger partial charge in [0.05, 0.1) is 7.85 Å². The lowest BCUT2D eigenvalue weighted by Crippen LogP contribution is -2.11. The maximum atomic E-state index is 5.91. The average Bonchev–Trinajstić information content (AvgIpc) is 2.46. The predicted octanol–water partition coefficient (Wildman–Crippen LogP) is 2.56. The van der Waals surface area contributed by atoms with Crippen molar-refractivity contribution in [2.75, 3.05) is 13.2 Å². The molecular weight excluding hydrogens is 147 g/mol. The summed E-state index contributed by atoms with van der Waals surface area (Å²) in [4.78, 5) is 0. The zero-order valence-electron chi connectivity index (χ0n) is 8.09. The highest BCUT2D eigenvalue weighted by Crippen LogP contribution is 2.33. The molecule has 1 rings (SSSR count). The molecule has 2 heteroatoms. The Morgan fingerprint density at radius 1 is 1.42 bits per heavy atom. The smallest absolute Gasteiger partial charge is 0.0704 e. The largest absolute Gasteiger partial charge is 0.381 e. The van der Waals surface area contributed by atoms with Crippen molar-refractivity contribution in [3.63, 3.8) is 0 Å². The minimum atomic E-state index is 0.409. The maximum absolute atomic E-state index is 5.91. The van der Waals surface area contributed by atoms with E-state index in [1.165, 1.54) is 32.1 Å². The molecule has 2 atom stereocenters. The molecular formula is C10H19BO. The number of unbranched alkanes of at least 4 members (excludes halogenated alkanes) is 1. The lowest BCUT2D eigenvalue weighted by molar-refractivity contribution is 0.0992. The standard InChI is InChI=1S/C10H19BO/c1-2-3-7-12-8-9-5-4-6-10(9)11/h9-10H,2-8H2,1H3. The second-order valence-corrected chi connectivity index (χ2v) is 3.78. The van der Waals surface area contributed by atoms with E-state index in [0.29, 0.717) is 11.7 Å². The monoisotopic (exact) mass is 166 g/mol. The highest BCUT2D eigenvalue weighted by atomic mass is 16.5. The van der Waals surface area contributed by atoms with Crippen LogP contribution < -0.4 is 0 Å². The molecule has 0 bridgehead atoms. The van der Waals surface area contributed by atoms with Crippen molar-refractivity contribution in [3.05, 3.63) is 0 Å². The van der Waals surface area contributed by atoms with Crippen molar-refractivity contribution in [2.24, 2.45) is 5.92 Å². The molecule has 0 spiro atoms. The van der Waals surface area contributed by atoms with Crippen LogP contribution in [-0.4, -0.2) is 21.1 Å². The lowest BCUT2D eigenvalue weighted by atomic mass is 9.79. The second-order valence-electron chi connectivity index (χ2n) is 3.78. The van der Waals surface area contributed by atoms with Gasteiger partial charge in [0.25, 0.3) is 0 Å². The van der Waals surface area contributed by atoms with E-state index >= 15 is 0 Å². The molecule has 0 saturated heterocycles. The number of hydrogen-bond acceptors (Lipinski definition) is 1. The molecule has 0 heterocycles. The molecule has 1 saturated carbocycles. The van der Waals surface area contributed by atoms with Gasteiger partial charge in [-0.1, -0.05) is 32.0 Å². The van der Waals surface area contributed by atoms with Crippen LogP contribution in [0.25, 0.3) is 0 Å². The fourth-order valence-electron chi connectivity index (χ4n) is 1.75. The van der Waals surface area contributed by atoms with Crippen LogP contribution in [0.5, 0.6) is 0 Å². The van der Waals surface area contributed by atoms with Gasteiger partial charge in [0, 0.05) is 13.2 Å². The Hall–Kier alpha value is 0.0249. The first-order valence-electron chi connectivity index (χ1n) is 5.18.